The van der Waals surface area contributed by atoms with Crippen LogP contribution in [0.3, 0.4) is 0 Å². The average Bonchev–Trinajstić information content (AvgIpc) is 2.75. The lowest BCUT2D eigenvalue weighted by molar-refractivity contribution is -0.122. The minimum absolute atomic E-state index is 0.161. The lowest BCUT2D eigenvalue weighted by Crippen LogP contribution is -2.35. The molecule has 1 aromatic heterocycles. The molecule has 0 saturated carbocycles. The van der Waals surface area contributed by atoms with E-state index in [1.165, 1.54) is 17.7 Å². The quantitative estimate of drug-likeness (QED) is 0.877. The fourth-order valence-electron chi connectivity index (χ4n) is 2.81. The standard InChI is InChI=1S/C15H25N3OS/c1-10(13-5-4-6-16-8-13)7-15(19)17-9-14-11(2)18-12(3)20-14/h10,13,16H,4-9H2,1-3H3,(H,17,19). The van der Waals surface area contributed by atoms with Crippen LogP contribution in [-0.2, 0) is 11.3 Å². The Balaban J connectivity index is 1.76. The summed E-state index contributed by atoms with van der Waals surface area (Å²) in [6.45, 7) is 8.99. The zero-order valence-corrected chi connectivity index (χ0v) is 13.5. The second-order valence-electron chi connectivity index (χ2n) is 5.81. The number of amides is 1. The van der Waals surface area contributed by atoms with Crippen LogP contribution in [0.1, 0.15) is 41.8 Å². The first-order chi connectivity index (χ1) is 9.56. The number of hydrogen-bond acceptors (Lipinski definition) is 4. The van der Waals surface area contributed by atoms with Crippen LogP contribution in [0.4, 0.5) is 0 Å². The highest BCUT2D eigenvalue weighted by molar-refractivity contribution is 7.11. The molecule has 0 bridgehead atoms. The van der Waals surface area contributed by atoms with Crippen LogP contribution in [0.15, 0.2) is 0 Å². The van der Waals surface area contributed by atoms with Gasteiger partial charge in [0.25, 0.3) is 0 Å². The molecule has 0 radical (unpaired) electrons. The van der Waals surface area contributed by atoms with E-state index in [0.29, 0.717) is 24.8 Å². The second kappa shape index (κ2) is 7.18. The van der Waals surface area contributed by atoms with Crippen LogP contribution in [0.5, 0.6) is 0 Å². The molecule has 2 unspecified atom stereocenters. The molecule has 0 aromatic carbocycles. The van der Waals surface area contributed by atoms with Gasteiger partial charge in [-0.15, -0.1) is 11.3 Å². The molecule has 0 spiro atoms. The summed E-state index contributed by atoms with van der Waals surface area (Å²) in [7, 11) is 0. The SMILES string of the molecule is Cc1nc(C)c(CNC(=O)CC(C)C2CCCNC2)s1. The highest BCUT2D eigenvalue weighted by Crippen LogP contribution is 2.22. The molecule has 112 valence electrons. The molecular formula is C15H25N3OS. The van der Waals surface area contributed by atoms with Gasteiger partial charge in [0.15, 0.2) is 0 Å². The van der Waals surface area contributed by atoms with Gasteiger partial charge in [0.1, 0.15) is 0 Å². The fraction of sp³-hybridized carbons (Fsp3) is 0.733. The van der Waals surface area contributed by atoms with Gasteiger partial charge in [-0.1, -0.05) is 6.92 Å². The molecule has 1 aromatic rings. The van der Waals surface area contributed by atoms with Gasteiger partial charge in [-0.2, -0.15) is 0 Å². The van der Waals surface area contributed by atoms with Gasteiger partial charge in [-0.25, -0.2) is 4.98 Å². The highest BCUT2D eigenvalue weighted by atomic mass is 32.1. The Kier molecular flexibility index (Phi) is 5.54. The van der Waals surface area contributed by atoms with Crippen molar-refractivity contribution < 1.29 is 4.79 Å². The van der Waals surface area contributed by atoms with E-state index >= 15 is 0 Å². The Hall–Kier alpha value is -0.940. The van der Waals surface area contributed by atoms with E-state index in [4.69, 9.17) is 0 Å². The third kappa shape index (κ3) is 4.28. The van der Waals surface area contributed by atoms with E-state index in [-0.39, 0.29) is 5.91 Å². The maximum atomic E-state index is 12.0. The molecule has 1 saturated heterocycles. The van der Waals surface area contributed by atoms with E-state index in [0.717, 1.165) is 23.8 Å². The van der Waals surface area contributed by atoms with Gasteiger partial charge in [-0.3, -0.25) is 4.79 Å². The van der Waals surface area contributed by atoms with Crippen LogP contribution in [0, 0.1) is 25.7 Å². The first kappa shape index (κ1) is 15.4. The van der Waals surface area contributed by atoms with Crippen molar-refractivity contribution in [2.75, 3.05) is 13.1 Å². The highest BCUT2D eigenvalue weighted by Gasteiger charge is 2.22. The third-order valence-electron chi connectivity index (χ3n) is 4.09. The van der Waals surface area contributed by atoms with Crippen LogP contribution in [-0.4, -0.2) is 24.0 Å². The Labute approximate surface area is 125 Å². The third-order valence-corrected chi connectivity index (χ3v) is 5.17. The van der Waals surface area contributed by atoms with Crippen LogP contribution < -0.4 is 10.6 Å². The molecule has 1 fully saturated rings. The van der Waals surface area contributed by atoms with E-state index in [9.17, 15) is 4.79 Å². The fourth-order valence-corrected chi connectivity index (χ4v) is 3.69. The molecular weight excluding hydrogens is 270 g/mol. The maximum Gasteiger partial charge on any atom is 0.220 e. The molecule has 4 nitrogen and oxygen atoms in total. The Morgan fingerprint density at radius 1 is 1.55 bits per heavy atom. The number of aryl methyl sites for hydroxylation is 2. The predicted octanol–water partition coefficient (Wildman–Crippen LogP) is 2.40. The van der Waals surface area contributed by atoms with Crippen LogP contribution >= 0.6 is 11.3 Å². The number of carbonyl (C=O) groups excluding carboxylic acids is 1. The molecule has 5 heteroatoms. The largest absolute Gasteiger partial charge is 0.351 e. The van der Waals surface area contributed by atoms with Crippen molar-refractivity contribution in [2.45, 2.75) is 46.6 Å². The minimum Gasteiger partial charge on any atom is -0.351 e. The molecule has 0 aliphatic carbocycles. The number of thiazole rings is 1. The Morgan fingerprint density at radius 3 is 2.95 bits per heavy atom. The van der Waals surface area contributed by atoms with Gasteiger partial charge < -0.3 is 10.6 Å². The van der Waals surface area contributed by atoms with Crippen molar-refractivity contribution in [3.05, 3.63) is 15.6 Å². The van der Waals surface area contributed by atoms with E-state index in [1.54, 1.807) is 11.3 Å². The number of piperidine rings is 1. The summed E-state index contributed by atoms with van der Waals surface area (Å²) in [4.78, 5) is 17.6. The van der Waals surface area contributed by atoms with Gasteiger partial charge in [-0.05, 0) is 51.6 Å². The van der Waals surface area contributed by atoms with E-state index in [1.807, 2.05) is 13.8 Å². The van der Waals surface area contributed by atoms with Crippen LogP contribution in [0.2, 0.25) is 0 Å². The van der Waals surface area contributed by atoms with E-state index in [2.05, 4.69) is 22.5 Å². The summed E-state index contributed by atoms with van der Waals surface area (Å²) in [6.07, 6.45) is 3.10. The molecule has 1 amide bonds. The zero-order chi connectivity index (χ0) is 14.5. The number of nitrogens with one attached hydrogen (secondary N) is 2. The Morgan fingerprint density at radius 2 is 2.35 bits per heavy atom. The first-order valence-electron chi connectivity index (χ1n) is 7.46. The first-order valence-corrected chi connectivity index (χ1v) is 8.28. The molecule has 2 rings (SSSR count). The minimum atomic E-state index is 0.161. The second-order valence-corrected chi connectivity index (χ2v) is 7.09. The predicted molar refractivity (Wildman–Crippen MR) is 82.8 cm³/mol. The van der Waals surface area contributed by atoms with Gasteiger partial charge >= 0.3 is 0 Å². The summed E-state index contributed by atoms with van der Waals surface area (Å²) < 4.78 is 0. The molecule has 1 aliphatic rings. The van der Waals surface area contributed by atoms with Crippen molar-refractivity contribution in [3.8, 4) is 0 Å². The summed E-state index contributed by atoms with van der Waals surface area (Å²) in [5.74, 6) is 1.25. The van der Waals surface area contributed by atoms with Crippen molar-refractivity contribution >= 4 is 17.2 Å². The van der Waals surface area contributed by atoms with Gasteiger partial charge in [0.2, 0.25) is 5.91 Å². The lowest BCUT2D eigenvalue weighted by atomic mass is 9.85. The number of rotatable bonds is 5. The van der Waals surface area contributed by atoms with Crippen LogP contribution in [0.25, 0.3) is 0 Å². The van der Waals surface area contributed by atoms with Crippen molar-refractivity contribution in [1.29, 1.82) is 0 Å². The summed E-state index contributed by atoms with van der Waals surface area (Å²) >= 11 is 1.67. The maximum absolute atomic E-state index is 12.0. The number of carbonyl (C=O) groups is 1. The van der Waals surface area contributed by atoms with Gasteiger partial charge in [0, 0.05) is 11.3 Å². The zero-order valence-electron chi connectivity index (χ0n) is 12.7. The van der Waals surface area contributed by atoms with Crippen molar-refractivity contribution in [2.24, 2.45) is 11.8 Å². The normalized spacial score (nSPS) is 20.6. The topological polar surface area (TPSA) is 54.0 Å². The summed E-state index contributed by atoms with van der Waals surface area (Å²) in [6, 6.07) is 0. The lowest BCUT2D eigenvalue weighted by Gasteiger charge is -2.28. The van der Waals surface area contributed by atoms with Crippen molar-refractivity contribution in [3.63, 3.8) is 0 Å². The van der Waals surface area contributed by atoms with E-state index < -0.39 is 0 Å². The molecule has 20 heavy (non-hydrogen) atoms. The molecule has 1 aliphatic heterocycles. The summed E-state index contributed by atoms with van der Waals surface area (Å²) in [5, 5.41) is 7.52. The monoisotopic (exact) mass is 295 g/mol. The number of nitrogens with zero attached hydrogens (tertiary/aromatic N) is 1. The van der Waals surface area contributed by atoms with Crippen molar-refractivity contribution in [1.82, 2.24) is 15.6 Å². The summed E-state index contributed by atoms with van der Waals surface area (Å²) in [5.41, 5.74) is 1.04. The Bertz CT molecular complexity index is 452. The molecule has 2 atom stereocenters. The number of hydrogen-bond donors (Lipinski definition) is 2. The number of aromatic nitrogens is 1. The molecule has 2 heterocycles. The van der Waals surface area contributed by atoms with Gasteiger partial charge in [0.05, 0.1) is 17.2 Å². The smallest absolute Gasteiger partial charge is 0.220 e. The molecule has 2 N–H and O–H groups in total. The average molecular weight is 295 g/mol.